The molecule has 3 nitrogen and oxygen atoms in total. The molecule has 0 radical (unpaired) electrons. The molecule has 1 aliphatic rings. The summed E-state index contributed by atoms with van der Waals surface area (Å²) in [6.45, 7) is 2.71. The summed E-state index contributed by atoms with van der Waals surface area (Å²) in [5.74, 6) is 0. The van der Waals surface area contributed by atoms with Crippen LogP contribution in [0, 0.1) is 6.92 Å². The molecule has 0 saturated heterocycles. The lowest BCUT2D eigenvalue weighted by atomic mass is 9.91. The van der Waals surface area contributed by atoms with E-state index in [-0.39, 0.29) is 11.6 Å². The van der Waals surface area contributed by atoms with Crippen molar-refractivity contribution in [3.05, 3.63) is 69.1 Å². The molecule has 1 aromatic carbocycles. The van der Waals surface area contributed by atoms with Crippen molar-refractivity contribution >= 4 is 0 Å². The first kappa shape index (κ1) is 13.1. The normalized spacial score (nSPS) is 17.8. The van der Waals surface area contributed by atoms with E-state index in [9.17, 15) is 4.79 Å². The number of nitrogens with two attached hydrogens (primary N) is 1. The van der Waals surface area contributed by atoms with Crippen molar-refractivity contribution in [2.45, 2.75) is 38.8 Å². The summed E-state index contributed by atoms with van der Waals surface area (Å²) in [6.07, 6.45) is 3.02. The van der Waals surface area contributed by atoms with Crippen molar-refractivity contribution in [2.24, 2.45) is 5.73 Å². The van der Waals surface area contributed by atoms with Gasteiger partial charge >= 0.3 is 0 Å². The standard InChI is InChI=1S/C17H20N2O/c1-12-4-2-5-13(10-12)11-19-16-7-3-6-15(18)14(16)8-9-17(19)20/h2,4-5,8-10,15H,3,6-7,11,18H2,1H3. The lowest BCUT2D eigenvalue weighted by Crippen LogP contribution is -2.29. The molecule has 1 heterocycles. The van der Waals surface area contributed by atoms with E-state index < -0.39 is 0 Å². The summed E-state index contributed by atoms with van der Waals surface area (Å²) in [7, 11) is 0. The van der Waals surface area contributed by atoms with Gasteiger partial charge in [0.15, 0.2) is 0 Å². The highest BCUT2D eigenvalue weighted by Gasteiger charge is 2.20. The molecule has 0 bridgehead atoms. The maximum Gasteiger partial charge on any atom is 0.251 e. The molecular formula is C17H20N2O. The Morgan fingerprint density at radius 2 is 2.15 bits per heavy atom. The molecule has 1 unspecified atom stereocenters. The highest BCUT2D eigenvalue weighted by Crippen LogP contribution is 2.27. The van der Waals surface area contributed by atoms with Crippen LogP contribution in [0.15, 0.2) is 41.2 Å². The van der Waals surface area contributed by atoms with Crippen LogP contribution in [0.2, 0.25) is 0 Å². The van der Waals surface area contributed by atoms with Crippen molar-refractivity contribution < 1.29 is 0 Å². The Hall–Kier alpha value is -1.87. The Morgan fingerprint density at radius 3 is 2.95 bits per heavy atom. The van der Waals surface area contributed by atoms with Crippen LogP contribution in [0.5, 0.6) is 0 Å². The maximum atomic E-state index is 12.2. The monoisotopic (exact) mass is 268 g/mol. The van der Waals surface area contributed by atoms with Gasteiger partial charge in [0.1, 0.15) is 0 Å². The highest BCUT2D eigenvalue weighted by atomic mass is 16.1. The lowest BCUT2D eigenvalue weighted by Gasteiger charge is -2.25. The first-order valence-corrected chi connectivity index (χ1v) is 7.19. The largest absolute Gasteiger partial charge is 0.324 e. The quantitative estimate of drug-likeness (QED) is 0.910. The molecule has 1 aliphatic carbocycles. The minimum Gasteiger partial charge on any atom is -0.324 e. The van der Waals surface area contributed by atoms with E-state index in [2.05, 4.69) is 25.1 Å². The van der Waals surface area contributed by atoms with E-state index in [0.717, 1.165) is 30.5 Å². The zero-order valence-electron chi connectivity index (χ0n) is 11.8. The number of hydrogen-bond donors (Lipinski definition) is 1. The molecule has 0 aliphatic heterocycles. The first-order chi connectivity index (χ1) is 9.65. The third-order valence-electron chi connectivity index (χ3n) is 4.08. The van der Waals surface area contributed by atoms with Crippen molar-refractivity contribution in [3.8, 4) is 0 Å². The molecule has 104 valence electrons. The third kappa shape index (κ3) is 2.41. The smallest absolute Gasteiger partial charge is 0.251 e. The second-order valence-corrected chi connectivity index (χ2v) is 5.65. The Bertz CT molecular complexity index is 688. The topological polar surface area (TPSA) is 48.0 Å². The number of rotatable bonds is 2. The molecule has 0 amide bonds. The molecule has 1 atom stereocenters. The summed E-state index contributed by atoms with van der Waals surface area (Å²) < 4.78 is 1.89. The molecule has 1 aromatic heterocycles. The second-order valence-electron chi connectivity index (χ2n) is 5.65. The number of benzene rings is 1. The number of pyridine rings is 1. The SMILES string of the molecule is Cc1cccc(Cn2c3c(ccc2=O)C(N)CCC3)c1. The number of aromatic nitrogens is 1. The number of aryl methyl sites for hydroxylation is 1. The molecule has 20 heavy (non-hydrogen) atoms. The van der Waals surface area contributed by atoms with Gasteiger partial charge in [-0.1, -0.05) is 35.9 Å². The summed E-state index contributed by atoms with van der Waals surface area (Å²) >= 11 is 0. The summed E-state index contributed by atoms with van der Waals surface area (Å²) in [6, 6.07) is 12.0. The average molecular weight is 268 g/mol. The van der Waals surface area contributed by atoms with E-state index in [0.29, 0.717) is 6.54 Å². The van der Waals surface area contributed by atoms with Crippen LogP contribution >= 0.6 is 0 Å². The average Bonchev–Trinajstić information content (AvgIpc) is 2.42. The fourth-order valence-corrected chi connectivity index (χ4v) is 3.06. The Balaban J connectivity index is 2.05. The van der Waals surface area contributed by atoms with E-state index in [1.165, 1.54) is 11.1 Å². The molecule has 0 saturated carbocycles. The van der Waals surface area contributed by atoms with Crippen LogP contribution < -0.4 is 11.3 Å². The minimum atomic E-state index is 0.0688. The van der Waals surface area contributed by atoms with Gasteiger partial charge in [-0.3, -0.25) is 4.79 Å². The fourth-order valence-electron chi connectivity index (χ4n) is 3.06. The molecule has 2 N–H and O–H groups in total. The predicted molar refractivity (Wildman–Crippen MR) is 80.8 cm³/mol. The van der Waals surface area contributed by atoms with Gasteiger partial charge in [0.05, 0.1) is 6.54 Å². The van der Waals surface area contributed by atoms with Gasteiger partial charge in [0, 0.05) is 17.8 Å². The van der Waals surface area contributed by atoms with Crippen LogP contribution in [0.3, 0.4) is 0 Å². The zero-order chi connectivity index (χ0) is 14.1. The van der Waals surface area contributed by atoms with Gasteiger partial charge in [-0.2, -0.15) is 0 Å². The van der Waals surface area contributed by atoms with E-state index in [1.54, 1.807) is 6.07 Å². The minimum absolute atomic E-state index is 0.0688. The summed E-state index contributed by atoms with van der Waals surface area (Å²) in [4.78, 5) is 12.2. The summed E-state index contributed by atoms with van der Waals surface area (Å²) in [5.41, 5.74) is 10.9. The molecule has 3 rings (SSSR count). The van der Waals surface area contributed by atoms with E-state index >= 15 is 0 Å². The molecule has 2 aromatic rings. The van der Waals surface area contributed by atoms with Gasteiger partial charge in [-0.25, -0.2) is 0 Å². The second kappa shape index (κ2) is 5.25. The van der Waals surface area contributed by atoms with Crippen molar-refractivity contribution in [1.82, 2.24) is 4.57 Å². The Labute approximate surface area is 119 Å². The number of fused-ring (bicyclic) bond motifs is 1. The van der Waals surface area contributed by atoms with Crippen LogP contribution in [-0.2, 0) is 13.0 Å². The van der Waals surface area contributed by atoms with Crippen LogP contribution in [0.4, 0.5) is 0 Å². The lowest BCUT2D eigenvalue weighted by molar-refractivity contribution is 0.529. The third-order valence-corrected chi connectivity index (χ3v) is 4.08. The van der Waals surface area contributed by atoms with Gasteiger partial charge < -0.3 is 10.3 Å². The van der Waals surface area contributed by atoms with Crippen LogP contribution in [-0.4, -0.2) is 4.57 Å². The van der Waals surface area contributed by atoms with Gasteiger partial charge in [-0.05, 0) is 37.3 Å². The Kier molecular flexibility index (Phi) is 3.45. The van der Waals surface area contributed by atoms with Crippen molar-refractivity contribution in [1.29, 1.82) is 0 Å². The van der Waals surface area contributed by atoms with Crippen LogP contribution in [0.1, 0.15) is 41.3 Å². The number of nitrogens with zero attached hydrogens (tertiary/aromatic N) is 1. The van der Waals surface area contributed by atoms with Crippen molar-refractivity contribution in [3.63, 3.8) is 0 Å². The highest BCUT2D eigenvalue weighted by molar-refractivity contribution is 5.29. The maximum absolute atomic E-state index is 12.2. The Morgan fingerprint density at radius 1 is 1.30 bits per heavy atom. The zero-order valence-corrected chi connectivity index (χ0v) is 11.8. The fraction of sp³-hybridized carbons (Fsp3) is 0.353. The molecular weight excluding hydrogens is 248 g/mol. The molecule has 0 spiro atoms. The van der Waals surface area contributed by atoms with Crippen molar-refractivity contribution in [2.75, 3.05) is 0 Å². The van der Waals surface area contributed by atoms with Gasteiger partial charge in [-0.15, -0.1) is 0 Å². The molecule has 3 heteroatoms. The first-order valence-electron chi connectivity index (χ1n) is 7.19. The van der Waals surface area contributed by atoms with Gasteiger partial charge in [0.25, 0.3) is 5.56 Å². The van der Waals surface area contributed by atoms with E-state index in [4.69, 9.17) is 5.73 Å². The van der Waals surface area contributed by atoms with Gasteiger partial charge in [0.2, 0.25) is 0 Å². The summed E-state index contributed by atoms with van der Waals surface area (Å²) in [5, 5.41) is 0. The molecule has 0 fully saturated rings. The predicted octanol–water partition coefficient (Wildman–Crippen LogP) is 2.54. The van der Waals surface area contributed by atoms with Crippen LogP contribution in [0.25, 0.3) is 0 Å². The number of hydrogen-bond acceptors (Lipinski definition) is 2. The van der Waals surface area contributed by atoms with E-state index in [1.807, 2.05) is 16.7 Å².